The summed E-state index contributed by atoms with van der Waals surface area (Å²) in [5.41, 5.74) is 3.56. The number of hydrogen-bond donors (Lipinski definition) is 0. The molecule has 0 aromatic heterocycles. The Morgan fingerprint density at radius 2 is 1.71 bits per heavy atom. The number of benzene rings is 2. The van der Waals surface area contributed by atoms with Gasteiger partial charge in [-0.25, -0.2) is 0 Å². The van der Waals surface area contributed by atoms with Gasteiger partial charge in [0, 0.05) is 15.6 Å². The average Bonchev–Trinajstić information content (AvgIpc) is 2.58. The van der Waals surface area contributed by atoms with E-state index in [0.29, 0.717) is 11.1 Å². The van der Waals surface area contributed by atoms with Gasteiger partial charge in [0.2, 0.25) is 0 Å². The van der Waals surface area contributed by atoms with E-state index in [1.807, 2.05) is 71.0 Å². The second-order valence-corrected chi connectivity index (χ2v) is 6.50. The molecule has 0 bridgehead atoms. The Bertz CT molecular complexity index is 673. The van der Waals surface area contributed by atoms with E-state index < -0.39 is 0 Å². The molecule has 0 saturated carbocycles. The molecule has 2 rings (SSSR count). The first-order valence-corrected chi connectivity index (χ1v) is 9.32. The quantitative estimate of drug-likeness (QED) is 0.554. The molecule has 24 heavy (non-hydrogen) atoms. The minimum absolute atomic E-state index is 0.0220. The highest BCUT2D eigenvalue weighted by Gasteiger charge is 2.15. The van der Waals surface area contributed by atoms with Crippen LogP contribution in [0.15, 0.2) is 40.9 Å². The second-order valence-electron chi connectivity index (χ2n) is 5.64. The lowest BCUT2D eigenvalue weighted by Crippen LogP contribution is -2.08. The first-order chi connectivity index (χ1) is 11.4. The first-order valence-electron chi connectivity index (χ1n) is 8.52. The van der Waals surface area contributed by atoms with Crippen LogP contribution in [-0.4, -0.2) is 11.9 Å². The second kappa shape index (κ2) is 9.63. The van der Waals surface area contributed by atoms with E-state index in [2.05, 4.69) is 22.9 Å². The fourth-order valence-electron chi connectivity index (χ4n) is 2.27. The number of carbonyl (C=O) groups excluding carboxylic acids is 1. The fraction of sp³-hybridized carbons (Fsp3) is 0.381. The predicted octanol–water partition coefficient (Wildman–Crippen LogP) is 6.36. The van der Waals surface area contributed by atoms with Crippen molar-refractivity contribution in [1.29, 1.82) is 0 Å². The average molecular weight is 391 g/mol. The first kappa shape index (κ1) is 20.4. The third kappa shape index (κ3) is 5.20. The van der Waals surface area contributed by atoms with Gasteiger partial charge in [-0.15, -0.1) is 0 Å². The molecule has 2 aromatic carbocycles. The molecule has 0 aliphatic carbocycles. The molecule has 0 radical (unpaired) electrons. The van der Waals surface area contributed by atoms with Gasteiger partial charge in [-0.2, -0.15) is 0 Å². The van der Waals surface area contributed by atoms with Crippen LogP contribution in [0, 0.1) is 6.92 Å². The van der Waals surface area contributed by atoms with Crippen molar-refractivity contribution < 1.29 is 9.53 Å². The maximum Gasteiger partial charge on any atom is 0.194 e. The van der Waals surface area contributed by atoms with Crippen molar-refractivity contribution in [2.75, 3.05) is 0 Å². The molecule has 0 spiro atoms. The summed E-state index contributed by atoms with van der Waals surface area (Å²) in [5.74, 6) is 0.827. The Morgan fingerprint density at radius 3 is 2.21 bits per heavy atom. The van der Waals surface area contributed by atoms with Gasteiger partial charge in [-0.05, 0) is 66.4 Å². The van der Waals surface area contributed by atoms with Crippen molar-refractivity contribution in [1.82, 2.24) is 0 Å². The maximum atomic E-state index is 12.7. The molecule has 0 amide bonds. The van der Waals surface area contributed by atoms with E-state index in [1.54, 1.807) is 0 Å². The summed E-state index contributed by atoms with van der Waals surface area (Å²) in [7, 11) is 0. The third-order valence-electron chi connectivity index (χ3n) is 3.50. The zero-order valence-electron chi connectivity index (χ0n) is 15.4. The molecular weight excluding hydrogens is 364 g/mol. The van der Waals surface area contributed by atoms with Crippen LogP contribution in [0.2, 0.25) is 0 Å². The molecule has 0 atom stereocenters. The molecule has 130 valence electrons. The number of aryl methyl sites for hydroxylation is 2. The van der Waals surface area contributed by atoms with E-state index in [-0.39, 0.29) is 11.9 Å². The number of ketones is 1. The lowest BCUT2D eigenvalue weighted by molar-refractivity contribution is 0.103. The smallest absolute Gasteiger partial charge is 0.194 e. The topological polar surface area (TPSA) is 26.3 Å². The minimum atomic E-state index is 0.0220. The van der Waals surface area contributed by atoms with Gasteiger partial charge < -0.3 is 4.74 Å². The van der Waals surface area contributed by atoms with Gasteiger partial charge in [0.05, 0.1) is 6.10 Å². The monoisotopic (exact) mass is 390 g/mol. The van der Waals surface area contributed by atoms with Crippen LogP contribution in [-0.2, 0) is 6.42 Å². The zero-order chi connectivity index (χ0) is 18.3. The summed E-state index contributed by atoms with van der Waals surface area (Å²) in [6, 6.07) is 11.6. The molecule has 0 fully saturated rings. The van der Waals surface area contributed by atoms with E-state index in [4.69, 9.17) is 4.74 Å². The van der Waals surface area contributed by atoms with E-state index in [0.717, 1.165) is 22.2 Å². The van der Waals surface area contributed by atoms with Gasteiger partial charge in [0.15, 0.2) is 5.78 Å². The number of halogens is 1. The summed E-state index contributed by atoms with van der Waals surface area (Å²) in [6.45, 7) is 12.0. The number of rotatable bonds is 5. The maximum absolute atomic E-state index is 12.7. The van der Waals surface area contributed by atoms with Crippen LogP contribution in [0.4, 0.5) is 0 Å². The van der Waals surface area contributed by atoms with Crippen molar-refractivity contribution >= 4 is 21.7 Å². The molecular formula is C21H27BrO2. The third-order valence-corrected chi connectivity index (χ3v) is 4.15. The van der Waals surface area contributed by atoms with Crippen LogP contribution >= 0.6 is 15.9 Å². The van der Waals surface area contributed by atoms with Gasteiger partial charge in [-0.3, -0.25) is 4.79 Å². The minimum Gasteiger partial charge on any atom is -0.491 e. The van der Waals surface area contributed by atoms with Crippen molar-refractivity contribution in [2.45, 2.75) is 54.1 Å². The lowest BCUT2D eigenvalue weighted by Gasteiger charge is -2.14. The van der Waals surface area contributed by atoms with Crippen molar-refractivity contribution in [2.24, 2.45) is 0 Å². The summed E-state index contributed by atoms with van der Waals surface area (Å²) < 4.78 is 6.52. The van der Waals surface area contributed by atoms with Crippen molar-refractivity contribution in [3.8, 4) is 5.75 Å². The van der Waals surface area contributed by atoms with E-state index in [1.165, 1.54) is 5.56 Å². The predicted molar refractivity (Wildman–Crippen MR) is 105 cm³/mol. The Kier molecular flexibility index (Phi) is 8.20. The van der Waals surface area contributed by atoms with E-state index >= 15 is 0 Å². The standard InChI is InChI=1S/C19H21BrO2.C2H6/c1-5-14-6-8-15(9-7-14)19(21)16-10-13(4)18(11-17(16)20)22-12(2)3;1-2/h6-12H,5H2,1-4H3;1-2H3. The normalized spacial score (nSPS) is 10.2. The fourth-order valence-corrected chi connectivity index (χ4v) is 2.77. The Morgan fingerprint density at radius 1 is 1.12 bits per heavy atom. The lowest BCUT2D eigenvalue weighted by atomic mass is 10.00. The molecule has 2 aromatic rings. The summed E-state index contributed by atoms with van der Waals surface area (Å²) >= 11 is 3.50. The Balaban J connectivity index is 0.00000139. The van der Waals surface area contributed by atoms with Gasteiger partial charge in [-0.1, -0.05) is 45.0 Å². The van der Waals surface area contributed by atoms with Gasteiger partial charge in [0.1, 0.15) is 5.75 Å². The molecule has 0 unspecified atom stereocenters. The molecule has 0 aliphatic rings. The molecule has 0 aliphatic heterocycles. The highest BCUT2D eigenvalue weighted by atomic mass is 79.9. The molecule has 2 nitrogen and oxygen atoms in total. The van der Waals surface area contributed by atoms with Crippen LogP contribution in [0.5, 0.6) is 5.75 Å². The zero-order valence-corrected chi connectivity index (χ0v) is 17.0. The Labute approximate surface area is 154 Å². The molecule has 0 saturated heterocycles. The van der Waals surface area contributed by atoms with Crippen LogP contribution in [0.1, 0.15) is 61.7 Å². The van der Waals surface area contributed by atoms with Crippen LogP contribution in [0.25, 0.3) is 0 Å². The largest absolute Gasteiger partial charge is 0.491 e. The molecule has 0 heterocycles. The number of ether oxygens (including phenoxy) is 1. The molecule has 0 N–H and O–H groups in total. The van der Waals surface area contributed by atoms with Crippen molar-refractivity contribution in [3.05, 3.63) is 63.1 Å². The summed E-state index contributed by atoms with van der Waals surface area (Å²) in [4.78, 5) is 12.7. The van der Waals surface area contributed by atoms with Crippen molar-refractivity contribution in [3.63, 3.8) is 0 Å². The van der Waals surface area contributed by atoms with Crippen LogP contribution < -0.4 is 4.74 Å². The highest BCUT2D eigenvalue weighted by molar-refractivity contribution is 9.10. The van der Waals surface area contributed by atoms with E-state index in [9.17, 15) is 4.79 Å². The SMILES string of the molecule is CC.CCc1ccc(C(=O)c2cc(C)c(OC(C)C)cc2Br)cc1. The number of hydrogen-bond acceptors (Lipinski definition) is 2. The van der Waals surface area contributed by atoms with Gasteiger partial charge >= 0.3 is 0 Å². The Hall–Kier alpha value is -1.61. The number of carbonyl (C=O) groups is 1. The summed E-state index contributed by atoms with van der Waals surface area (Å²) in [5, 5.41) is 0. The molecule has 3 heteroatoms. The van der Waals surface area contributed by atoms with Crippen LogP contribution in [0.3, 0.4) is 0 Å². The highest BCUT2D eigenvalue weighted by Crippen LogP contribution is 2.29. The van der Waals surface area contributed by atoms with Gasteiger partial charge in [0.25, 0.3) is 0 Å². The summed E-state index contributed by atoms with van der Waals surface area (Å²) in [6.07, 6.45) is 1.08.